The molecule has 0 saturated heterocycles. The van der Waals surface area contributed by atoms with Gasteiger partial charge in [-0.3, -0.25) is 9.59 Å². The Labute approximate surface area is 211 Å². The minimum absolute atomic E-state index is 0.0946. The Bertz CT molecular complexity index is 1290. The summed E-state index contributed by atoms with van der Waals surface area (Å²) in [6.07, 6.45) is 6.02. The quantitative estimate of drug-likeness (QED) is 0.525. The zero-order chi connectivity index (χ0) is 25.4. The Morgan fingerprint density at radius 2 is 1.86 bits per heavy atom. The Morgan fingerprint density at radius 3 is 2.58 bits per heavy atom. The molecule has 1 fully saturated rings. The van der Waals surface area contributed by atoms with Crippen LogP contribution < -0.4 is 14.8 Å². The van der Waals surface area contributed by atoms with Crippen molar-refractivity contribution in [3.63, 3.8) is 0 Å². The van der Waals surface area contributed by atoms with Crippen molar-refractivity contribution >= 4 is 22.9 Å². The van der Waals surface area contributed by atoms with Crippen LogP contribution in [-0.2, 0) is 17.8 Å². The first-order valence-electron chi connectivity index (χ1n) is 12.8. The van der Waals surface area contributed by atoms with E-state index < -0.39 is 5.54 Å². The second-order valence-electron chi connectivity index (χ2n) is 10.2. The summed E-state index contributed by atoms with van der Waals surface area (Å²) in [7, 11) is 3.21. The van der Waals surface area contributed by atoms with E-state index in [1.165, 1.54) is 6.42 Å². The van der Waals surface area contributed by atoms with Gasteiger partial charge in [-0.25, -0.2) is 0 Å². The molecule has 2 aliphatic rings. The molecule has 3 heterocycles. The predicted molar refractivity (Wildman–Crippen MR) is 137 cm³/mol. The number of carbonyl (C=O) groups excluding carboxylic acids is 2. The standard InChI is InChI=1S/C28H35N3O5/c1-18-14-21-24(36-18)16-22-26(32)31(13-12-19-10-11-23(34-3)25(15-19)35-4)28(2,17-30(21)22)27(33)29-20-8-6-5-7-9-20/h10-11,14-16,20H,5-9,12-13,17H2,1-4H3,(H,29,33)/t28-/m0/s1. The van der Waals surface area contributed by atoms with Crippen molar-refractivity contribution in [3.05, 3.63) is 47.3 Å². The molecule has 1 aliphatic heterocycles. The van der Waals surface area contributed by atoms with Crippen LogP contribution in [-0.4, -0.2) is 53.6 Å². The Balaban J connectivity index is 1.47. The second-order valence-corrected chi connectivity index (χ2v) is 10.2. The van der Waals surface area contributed by atoms with Gasteiger partial charge in [0.05, 0.1) is 26.3 Å². The lowest BCUT2D eigenvalue weighted by Gasteiger charge is -2.45. The molecule has 1 N–H and O–H groups in total. The third kappa shape index (κ3) is 4.22. The van der Waals surface area contributed by atoms with Gasteiger partial charge in [-0.15, -0.1) is 0 Å². The summed E-state index contributed by atoms with van der Waals surface area (Å²) in [5, 5.41) is 3.28. The summed E-state index contributed by atoms with van der Waals surface area (Å²) < 4.78 is 18.6. The van der Waals surface area contributed by atoms with Crippen molar-refractivity contribution in [2.75, 3.05) is 20.8 Å². The Hall–Kier alpha value is -3.42. The summed E-state index contributed by atoms with van der Waals surface area (Å²) >= 11 is 0. The van der Waals surface area contributed by atoms with Crippen molar-refractivity contribution < 1.29 is 23.5 Å². The molecule has 1 aliphatic carbocycles. The molecule has 0 spiro atoms. The predicted octanol–water partition coefficient (Wildman–Crippen LogP) is 4.47. The maximum absolute atomic E-state index is 13.9. The van der Waals surface area contributed by atoms with E-state index >= 15 is 0 Å². The van der Waals surface area contributed by atoms with E-state index in [0.717, 1.165) is 42.5 Å². The van der Waals surface area contributed by atoms with Gasteiger partial charge in [0.25, 0.3) is 5.91 Å². The van der Waals surface area contributed by atoms with Gasteiger partial charge in [0.1, 0.15) is 17.0 Å². The number of ether oxygens (including phenoxy) is 2. The number of hydrogen-bond donors (Lipinski definition) is 1. The van der Waals surface area contributed by atoms with Gasteiger partial charge in [0.2, 0.25) is 5.91 Å². The summed E-state index contributed by atoms with van der Waals surface area (Å²) in [5.41, 5.74) is 2.05. The van der Waals surface area contributed by atoms with Gasteiger partial charge in [-0.1, -0.05) is 25.3 Å². The van der Waals surface area contributed by atoms with E-state index in [2.05, 4.69) is 5.32 Å². The molecule has 5 rings (SSSR count). The van der Waals surface area contributed by atoms with Crippen LogP contribution in [0.15, 0.2) is 34.7 Å². The minimum atomic E-state index is -1.03. The van der Waals surface area contributed by atoms with Gasteiger partial charge in [-0.2, -0.15) is 0 Å². The number of hydrogen-bond acceptors (Lipinski definition) is 5. The third-order valence-corrected chi connectivity index (χ3v) is 7.74. The maximum atomic E-state index is 13.9. The third-order valence-electron chi connectivity index (χ3n) is 7.74. The highest BCUT2D eigenvalue weighted by atomic mass is 16.5. The smallest absolute Gasteiger partial charge is 0.271 e. The lowest BCUT2D eigenvalue weighted by molar-refractivity contribution is -0.133. The first kappa shape index (κ1) is 24.3. The number of carbonyl (C=O) groups is 2. The number of nitrogens with one attached hydrogen (secondary N) is 1. The fourth-order valence-corrected chi connectivity index (χ4v) is 5.68. The number of methoxy groups -OCH3 is 2. The molecular weight excluding hydrogens is 458 g/mol. The van der Waals surface area contributed by atoms with E-state index in [1.54, 1.807) is 25.2 Å². The molecular formula is C28H35N3O5. The first-order chi connectivity index (χ1) is 17.3. The number of rotatable bonds is 7. The highest BCUT2D eigenvalue weighted by Gasteiger charge is 2.48. The fraction of sp³-hybridized carbons (Fsp3) is 0.500. The summed E-state index contributed by atoms with van der Waals surface area (Å²) in [4.78, 5) is 29.4. The van der Waals surface area contributed by atoms with E-state index in [1.807, 2.05) is 42.7 Å². The van der Waals surface area contributed by atoms with Crippen molar-refractivity contribution in [1.82, 2.24) is 14.8 Å². The van der Waals surface area contributed by atoms with Crippen molar-refractivity contribution in [3.8, 4) is 11.5 Å². The van der Waals surface area contributed by atoms with Gasteiger partial charge in [0.15, 0.2) is 17.1 Å². The summed E-state index contributed by atoms with van der Waals surface area (Å²) in [6.45, 7) is 4.55. The molecule has 36 heavy (non-hydrogen) atoms. The monoisotopic (exact) mass is 493 g/mol. The van der Waals surface area contributed by atoms with Crippen LogP contribution in [0.3, 0.4) is 0 Å². The highest BCUT2D eigenvalue weighted by molar-refractivity contribution is 6.03. The number of aromatic nitrogens is 1. The molecule has 1 saturated carbocycles. The average Bonchev–Trinajstić information content (AvgIpc) is 3.40. The zero-order valence-corrected chi connectivity index (χ0v) is 21.6. The first-order valence-corrected chi connectivity index (χ1v) is 12.8. The number of aryl methyl sites for hydroxylation is 1. The van der Waals surface area contributed by atoms with E-state index in [-0.39, 0.29) is 17.9 Å². The van der Waals surface area contributed by atoms with Crippen molar-refractivity contribution in [1.29, 1.82) is 0 Å². The van der Waals surface area contributed by atoms with Crippen LogP contribution in [0.4, 0.5) is 0 Å². The van der Waals surface area contributed by atoms with Gasteiger partial charge in [0, 0.05) is 24.7 Å². The maximum Gasteiger partial charge on any atom is 0.271 e. The SMILES string of the molecule is COc1ccc(CCN2C(=O)c3cc4oc(C)cc4n3C[C@@]2(C)C(=O)NC2CCCCC2)cc1OC. The van der Waals surface area contributed by atoms with Crippen LogP contribution in [0.2, 0.25) is 0 Å². The molecule has 0 unspecified atom stereocenters. The molecule has 3 aromatic rings. The van der Waals surface area contributed by atoms with Gasteiger partial charge in [-0.05, 0) is 50.8 Å². The summed E-state index contributed by atoms with van der Waals surface area (Å²) in [6, 6.07) is 9.65. The fourth-order valence-electron chi connectivity index (χ4n) is 5.68. The molecule has 1 atom stereocenters. The van der Waals surface area contributed by atoms with Crippen LogP contribution in [0.5, 0.6) is 11.5 Å². The number of nitrogens with zero attached hydrogens (tertiary/aromatic N) is 2. The molecule has 192 valence electrons. The average molecular weight is 494 g/mol. The van der Waals surface area contributed by atoms with E-state index in [4.69, 9.17) is 13.9 Å². The lowest BCUT2D eigenvalue weighted by atomic mass is 9.91. The normalized spacial score (nSPS) is 20.4. The number of fused-ring (bicyclic) bond motifs is 3. The molecule has 8 heteroatoms. The van der Waals surface area contributed by atoms with Crippen LogP contribution >= 0.6 is 0 Å². The van der Waals surface area contributed by atoms with Crippen LogP contribution in [0, 0.1) is 6.92 Å². The number of benzene rings is 1. The van der Waals surface area contributed by atoms with Crippen molar-refractivity contribution in [2.24, 2.45) is 0 Å². The van der Waals surface area contributed by atoms with E-state index in [0.29, 0.717) is 42.3 Å². The highest BCUT2D eigenvalue weighted by Crippen LogP contribution is 2.35. The van der Waals surface area contributed by atoms with Crippen LogP contribution in [0.1, 0.15) is 60.8 Å². The lowest BCUT2D eigenvalue weighted by Crippen LogP contribution is -2.65. The molecule has 0 radical (unpaired) electrons. The van der Waals surface area contributed by atoms with Gasteiger partial charge >= 0.3 is 0 Å². The minimum Gasteiger partial charge on any atom is -0.493 e. The largest absolute Gasteiger partial charge is 0.493 e. The molecule has 2 amide bonds. The second kappa shape index (κ2) is 9.56. The topological polar surface area (TPSA) is 85.9 Å². The number of amides is 2. The van der Waals surface area contributed by atoms with Gasteiger partial charge < -0.3 is 28.7 Å². The van der Waals surface area contributed by atoms with Crippen LogP contribution in [0.25, 0.3) is 11.1 Å². The summed E-state index contributed by atoms with van der Waals surface area (Å²) in [5.74, 6) is 1.83. The zero-order valence-electron chi connectivity index (χ0n) is 21.6. The Kier molecular flexibility index (Phi) is 6.45. The Morgan fingerprint density at radius 1 is 1.11 bits per heavy atom. The molecule has 1 aromatic carbocycles. The number of furan rings is 1. The van der Waals surface area contributed by atoms with Crippen molar-refractivity contribution in [2.45, 2.75) is 70.5 Å². The molecule has 8 nitrogen and oxygen atoms in total. The molecule has 2 aromatic heterocycles. The molecule has 0 bridgehead atoms. The van der Waals surface area contributed by atoms with E-state index in [9.17, 15) is 9.59 Å².